The molecule has 0 atom stereocenters. The predicted molar refractivity (Wildman–Crippen MR) is 92.6 cm³/mol. The van der Waals surface area contributed by atoms with Gasteiger partial charge in [-0.05, 0) is 35.7 Å². The minimum atomic E-state index is -4.34. The third-order valence-corrected chi connectivity index (χ3v) is 3.66. The Labute approximate surface area is 149 Å². The van der Waals surface area contributed by atoms with Crippen molar-refractivity contribution < 1.29 is 13.2 Å². The Kier molecular flexibility index (Phi) is 6.64. The van der Waals surface area contributed by atoms with Crippen LogP contribution in [0.15, 0.2) is 47.6 Å². The summed E-state index contributed by atoms with van der Waals surface area (Å²) in [6.07, 6.45) is -1.93. The van der Waals surface area contributed by atoms with E-state index in [4.69, 9.17) is 11.6 Å². The average molecular weight is 371 g/mol. The van der Waals surface area contributed by atoms with Crippen LogP contribution in [-0.2, 0) is 19.1 Å². The number of aromatic nitrogens is 1. The van der Waals surface area contributed by atoms with E-state index in [1.165, 1.54) is 6.07 Å². The lowest BCUT2D eigenvalue weighted by Crippen LogP contribution is -2.37. The van der Waals surface area contributed by atoms with Gasteiger partial charge in [-0.15, -0.1) is 0 Å². The van der Waals surface area contributed by atoms with Crippen LogP contribution in [0.3, 0.4) is 0 Å². The van der Waals surface area contributed by atoms with Gasteiger partial charge >= 0.3 is 6.18 Å². The standard InChI is InChI=1S/C17H18ClF3N4/c1-22-16(23-8-7-12-5-6-15(18)24-10-12)25-11-13-3-2-4-14(9-13)17(19,20)21/h2-6,9-10H,7-8,11H2,1H3,(H2,22,23,25). The van der Waals surface area contributed by atoms with E-state index in [0.717, 1.165) is 17.7 Å². The zero-order chi connectivity index (χ0) is 18.3. The molecule has 0 aliphatic heterocycles. The first-order valence-electron chi connectivity index (χ1n) is 7.59. The molecule has 1 aromatic heterocycles. The van der Waals surface area contributed by atoms with Crippen molar-refractivity contribution in [3.63, 3.8) is 0 Å². The quantitative estimate of drug-likeness (QED) is 0.480. The Bertz CT molecular complexity index is 715. The van der Waals surface area contributed by atoms with E-state index >= 15 is 0 Å². The number of halogens is 4. The number of hydrogen-bond donors (Lipinski definition) is 2. The number of rotatable bonds is 5. The molecule has 0 bridgehead atoms. The molecular formula is C17H18ClF3N4. The highest BCUT2D eigenvalue weighted by Gasteiger charge is 2.30. The maximum Gasteiger partial charge on any atom is 0.416 e. The van der Waals surface area contributed by atoms with Crippen molar-refractivity contribution in [1.29, 1.82) is 0 Å². The molecule has 0 unspecified atom stereocenters. The SMILES string of the molecule is CN=C(NCCc1ccc(Cl)nc1)NCc1cccc(C(F)(F)F)c1. The minimum Gasteiger partial charge on any atom is -0.356 e. The Morgan fingerprint density at radius 3 is 2.60 bits per heavy atom. The van der Waals surface area contributed by atoms with Crippen molar-refractivity contribution >= 4 is 17.6 Å². The zero-order valence-electron chi connectivity index (χ0n) is 13.6. The summed E-state index contributed by atoms with van der Waals surface area (Å²) in [7, 11) is 1.60. The third kappa shape index (κ3) is 6.26. The monoisotopic (exact) mass is 370 g/mol. The Morgan fingerprint density at radius 2 is 1.96 bits per heavy atom. The molecule has 0 spiro atoms. The number of guanidine groups is 1. The molecule has 2 rings (SSSR count). The van der Waals surface area contributed by atoms with Crippen molar-refractivity contribution in [3.05, 3.63) is 64.4 Å². The van der Waals surface area contributed by atoms with E-state index in [9.17, 15) is 13.2 Å². The van der Waals surface area contributed by atoms with Gasteiger partial charge in [-0.1, -0.05) is 29.8 Å². The lowest BCUT2D eigenvalue weighted by Gasteiger charge is -2.13. The molecule has 0 aliphatic rings. The molecule has 2 N–H and O–H groups in total. The maximum absolute atomic E-state index is 12.7. The van der Waals surface area contributed by atoms with Gasteiger partial charge in [-0.2, -0.15) is 13.2 Å². The molecule has 25 heavy (non-hydrogen) atoms. The van der Waals surface area contributed by atoms with Crippen LogP contribution in [0.4, 0.5) is 13.2 Å². The fourth-order valence-electron chi connectivity index (χ4n) is 2.14. The van der Waals surface area contributed by atoms with Gasteiger partial charge in [0.1, 0.15) is 5.15 Å². The first kappa shape index (κ1) is 19.1. The topological polar surface area (TPSA) is 49.3 Å². The maximum atomic E-state index is 12.7. The molecule has 0 aliphatic carbocycles. The smallest absolute Gasteiger partial charge is 0.356 e. The lowest BCUT2D eigenvalue weighted by atomic mass is 10.1. The number of pyridine rings is 1. The number of alkyl halides is 3. The van der Waals surface area contributed by atoms with Crippen LogP contribution in [-0.4, -0.2) is 24.5 Å². The van der Waals surface area contributed by atoms with Gasteiger partial charge in [0.25, 0.3) is 0 Å². The molecule has 0 fully saturated rings. The van der Waals surface area contributed by atoms with Crippen molar-refractivity contribution in [3.8, 4) is 0 Å². The fourth-order valence-corrected chi connectivity index (χ4v) is 2.26. The minimum absolute atomic E-state index is 0.242. The molecule has 0 radical (unpaired) electrons. The Balaban J connectivity index is 1.83. The highest BCUT2D eigenvalue weighted by Crippen LogP contribution is 2.29. The van der Waals surface area contributed by atoms with Crippen LogP contribution >= 0.6 is 11.6 Å². The molecule has 1 heterocycles. The summed E-state index contributed by atoms with van der Waals surface area (Å²) in [6, 6.07) is 8.81. The predicted octanol–water partition coefficient (Wildman–Crippen LogP) is 3.66. The van der Waals surface area contributed by atoms with Gasteiger partial charge < -0.3 is 10.6 Å². The molecule has 0 saturated carbocycles. The molecule has 0 amide bonds. The number of nitrogens with zero attached hydrogens (tertiary/aromatic N) is 2. The summed E-state index contributed by atoms with van der Waals surface area (Å²) < 4.78 is 38.1. The molecule has 1 aromatic carbocycles. The van der Waals surface area contributed by atoms with Gasteiger partial charge in [-0.25, -0.2) is 4.98 Å². The van der Waals surface area contributed by atoms with Crippen LogP contribution in [0.5, 0.6) is 0 Å². The highest BCUT2D eigenvalue weighted by atomic mass is 35.5. The summed E-state index contributed by atoms with van der Waals surface area (Å²) in [4.78, 5) is 8.06. The average Bonchev–Trinajstić information content (AvgIpc) is 2.59. The van der Waals surface area contributed by atoms with E-state index in [-0.39, 0.29) is 6.54 Å². The summed E-state index contributed by atoms with van der Waals surface area (Å²) >= 11 is 5.73. The number of aliphatic imine (C=N–C) groups is 1. The Morgan fingerprint density at radius 1 is 1.16 bits per heavy atom. The van der Waals surface area contributed by atoms with E-state index in [2.05, 4.69) is 20.6 Å². The number of nitrogens with one attached hydrogen (secondary N) is 2. The van der Waals surface area contributed by atoms with Crippen LogP contribution < -0.4 is 10.6 Å². The third-order valence-electron chi connectivity index (χ3n) is 3.43. The van der Waals surface area contributed by atoms with Crippen molar-refractivity contribution in [2.24, 2.45) is 4.99 Å². The molecule has 8 heteroatoms. The fraction of sp³-hybridized carbons (Fsp3) is 0.294. The van der Waals surface area contributed by atoms with E-state index in [0.29, 0.717) is 29.6 Å². The molecular weight excluding hydrogens is 353 g/mol. The second-order valence-corrected chi connectivity index (χ2v) is 5.68. The molecule has 2 aromatic rings. The summed E-state index contributed by atoms with van der Waals surface area (Å²) in [5.41, 5.74) is 0.884. The van der Waals surface area contributed by atoms with Gasteiger partial charge in [0.15, 0.2) is 5.96 Å². The lowest BCUT2D eigenvalue weighted by molar-refractivity contribution is -0.137. The summed E-state index contributed by atoms with van der Waals surface area (Å²) in [5.74, 6) is 0.513. The van der Waals surface area contributed by atoms with Gasteiger partial charge in [-0.3, -0.25) is 4.99 Å². The summed E-state index contributed by atoms with van der Waals surface area (Å²) in [6.45, 7) is 0.845. The van der Waals surface area contributed by atoms with Crippen molar-refractivity contribution in [2.45, 2.75) is 19.1 Å². The normalized spacial score (nSPS) is 12.1. The van der Waals surface area contributed by atoms with Crippen LogP contribution in [0, 0.1) is 0 Å². The van der Waals surface area contributed by atoms with E-state index in [1.807, 2.05) is 6.07 Å². The van der Waals surface area contributed by atoms with Gasteiger partial charge in [0.2, 0.25) is 0 Å². The second-order valence-electron chi connectivity index (χ2n) is 5.29. The molecule has 134 valence electrons. The van der Waals surface area contributed by atoms with Crippen molar-refractivity contribution in [2.75, 3.05) is 13.6 Å². The number of hydrogen-bond acceptors (Lipinski definition) is 2. The van der Waals surface area contributed by atoms with Crippen molar-refractivity contribution in [1.82, 2.24) is 15.6 Å². The van der Waals surface area contributed by atoms with E-state index in [1.54, 1.807) is 25.4 Å². The molecule has 0 saturated heterocycles. The van der Waals surface area contributed by atoms with Gasteiger partial charge in [0, 0.05) is 26.3 Å². The summed E-state index contributed by atoms with van der Waals surface area (Å²) in [5, 5.41) is 6.54. The van der Waals surface area contributed by atoms with Crippen LogP contribution in [0.1, 0.15) is 16.7 Å². The van der Waals surface area contributed by atoms with Crippen LogP contribution in [0.25, 0.3) is 0 Å². The largest absolute Gasteiger partial charge is 0.416 e. The second kappa shape index (κ2) is 8.71. The van der Waals surface area contributed by atoms with Gasteiger partial charge in [0.05, 0.1) is 5.56 Å². The zero-order valence-corrected chi connectivity index (χ0v) is 14.3. The first-order valence-corrected chi connectivity index (χ1v) is 7.97. The highest BCUT2D eigenvalue weighted by molar-refractivity contribution is 6.29. The first-order chi connectivity index (χ1) is 11.9. The number of benzene rings is 1. The van der Waals surface area contributed by atoms with E-state index < -0.39 is 11.7 Å². The Hall–Kier alpha value is -2.28. The van der Waals surface area contributed by atoms with Crippen LogP contribution in [0.2, 0.25) is 5.15 Å². The molecule has 4 nitrogen and oxygen atoms in total.